The van der Waals surface area contributed by atoms with Crippen LogP contribution in [0.25, 0.3) is 0 Å². The van der Waals surface area contributed by atoms with Crippen molar-refractivity contribution in [3.63, 3.8) is 0 Å². The Morgan fingerprint density at radius 1 is 1.20 bits per heavy atom. The molecule has 1 aromatic rings. The van der Waals surface area contributed by atoms with Crippen LogP contribution in [0.2, 0.25) is 5.02 Å². The van der Waals surface area contributed by atoms with Crippen LogP contribution in [0.5, 0.6) is 0 Å². The lowest BCUT2D eigenvalue weighted by Crippen LogP contribution is -2.39. The van der Waals surface area contributed by atoms with E-state index in [-0.39, 0.29) is 16.6 Å². The zero-order valence-electron chi connectivity index (χ0n) is 14.6. The van der Waals surface area contributed by atoms with E-state index in [1.165, 1.54) is 12.8 Å². The van der Waals surface area contributed by atoms with Gasteiger partial charge in [-0.25, -0.2) is 4.68 Å². The summed E-state index contributed by atoms with van der Waals surface area (Å²) >= 11 is 6.35. The minimum absolute atomic E-state index is 0.167. The summed E-state index contributed by atoms with van der Waals surface area (Å²) in [4.78, 5) is 15.2. The van der Waals surface area contributed by atoms with E-state index in [0.717, 1.165) is 64.6 Å². The van der Waals surface area contributed by atoms with Crippen molar-refractivity contribution in [2.45, 2.75) is 50.6 Å². The molecule has 138 valence electrons. The second-order valence-corrected chi connectivity index (χ2v) is 7.96. The maximum atomic E-state index is 12.7. The van der Waals surface area contributed by atoms with Crippen molar-refractivity contribution in [1.82, 2.24) is 14.7 Å². The van der Waals surface area contributed by atoms with E-state index in [1.54, 1.807) is 10.9 Å². The van der Waals surface area contributed by atoms with E-state index < -0.39 is 0 Å². The number of nitrogens with one attached hydrogen (secondary N) is 1. The number of nitrogens with zero attached hydrogens (tertiary/aromatic N) is 3. The van der Waals surface area contributed by atoms with Gasteiger partial charge in [0.05, 0.1) is 24.5 Å². The predicted molar refractivity (Wildman–Crippen MR) is 98.4 cm³/mol. The van der Waals surface area contributed by atoms with Gasteiger partial charge in [-0.2, -0.15) is 5.10 Å². The molecule has 6 nitrogen and oxygen atoms in total. The number of anilines is 1. The fourth-order valence-corrected chi connectivity index (χ4v) is 4.19. The van der Waals surface area contributed by atoms with Crippen LogP contribution in [0, 0.1) is 5.92 Å². The van der Waals surface area contributed by atoms with E-state index >= 15 is 0 Å². The average molecular weight is 367 g/mol. The van der Waals surface area contributed by atoms with Gasteiger partial charge in [-0.3, -0.25) is 4.79 Å². The van der Waals surface area contributed by atoms with Gasteiger partial charge < -0.3 is 15.0 Å². The summed E-state index contributed by atoms with van der Waals surface area (Å²) in [7, 11) is 0. The van der Waals surface area contributed by atoms with E-state index in [1.807, 2.05) is 0 Å². The fraction of sp³-hybridized carbons (Fsp3) is 0.778. The predicted octanol–water partition coefficient (Wildman–Crippen LogP) is 2.53. The summed E-state index contributed by atoms with van der Waals surface area (Å²) < 4.78 is 7.09. The molecule has 1 saturated carbocycles. The summed E-state index contributed by atoms with van der Waals surface area (Å²) in [6.07, 6.45) is 8.58. The molecule has 3 heterocycles. The van der Waals surface area contributed by atoms with Crippen LogP contribution in [0.4, 0.5) is 5.69 Å². The Morgan fingerprint density at radius 3 is 2.68 bits per heavy atom. The van der Waals surface area contributed by atoms with Gasteiger partial charge in [-0.15, -0.1) is 0 Å². The number of halogens is 1. The zero-order valence-corrected chi connectivity index (χ0v) is 15.4. The SMILES string of the molecule is O=c1c(Cl)c(NCC2CCCOC2)cnn1C1CCN(C2CC2)CC1. The van der Waals surface area contributed by atoms with Crippen molar-refractivity contribution < 1.29 is 4.74 Å². The molecule has 25 heavy (non-hydrogen) atoms. The number of likely N-dealkylation sites (tertiary alicyclic amines) is 1. The molecule has 1 N–H and O–H groups in total. The first-order valence-corrected chi connectivity index (χ1v) is 9.93. The topological polar surface area (TPSA) is 59.4 Å². The van der Waals surface area contributed by atoms with Gasteiger partial charge in [0.25, 0.3) is 5.56 Å². The van der Waals surface area contributed by atoms with Gasteiger partial charge in [0.1, 0.15) is 5.02 Å². The summed E-state index contributed by atoms with van der Waals surface area (Å²) in [5, 5.41) is 7.97. The zero-order chi connectivity index (χ0) is 17.2. The van der Waals surface area contributed by atoms with Crippen molar-refractivity contribution in [2.75, 3.05) is 38.2 Å². The van der Waals surface area contributed by atoms with Crippen molar-refractivity contribution in [3.05, 3.63) is 21.6 Å². The average Bonchev–Trinajstić information content (AvgIpc) is 3.49. The monoisotopic (exact) mass is 366 g/mol. The van der Waals surface area contributed by atoms with Gasteiger partial charge in [0, 0.05) is 32.3 Å². The normalized spacial score (nSPS) is 25.9. The number of ether oxygens (including phenoxy) is 1. The van der Waals surface area contributed by atoms with Gasteiger partial charge in [0.15, 0.2) is 0 Å². The van der Waals surface area contributed by atoms with Crippen LogP contribution in [0.15, 0.2) is 11.0 Å². The van der Waals surface area contributed by atoms with Crippen molar-refractivity contribution in [3.8, 4) is 0 Å². The first-order chi connectivity index (χ1) is 12.2. The highest BCUT2D eigenvalue weighted by molar-refractivity contribution is 6.32. The van der Waals surface area contributed by atoms with Gasteiger partial charge in [0.2, 0.25) is 0 Å². The summed E-state index contributed by atoms with van der Waals surface area (Å²) in [6, 6.07) is 0.963. The first kappa shape index (κ1) is 17.3. The van der Waals surface area contributed by atoms with Crippen LogP contribution in [-0.4, -0.2) is 53.6 Å². The molecule has 0 amide bonds. The maximum absolute atomic E-state index is 12.7. The Hall–Kier alpha value is -1.11. The number of hydrogen-bond donors (Lipinski definition) is 1. The van der Waals surface area contributed by atoms with Crippen LogP contribution in [0.1, 0.15) is 44.6 Å². The lowest BCUT2D eigenvalue weighted by atomic mass is 10.0. The number of piperidine rings is 1. The third-order valence-electron chi connectivity index (χ3n) is 5.69. The Balaban J connectivity index is 1.38. The molecule has 1 unspecified atom stereocenters. The van der Waals surface area contributed by atoms with Gasteiger partial charge >= 0.3 is 0 Å². The molecule has 0 bridgehead atoms. The molecule has 3 aliphatic rings. The maximum Gasteiger partial charge on any atom is 0.287 e. The molecule has 1 aliphatic carbocycles. The molecular weight excluding hydrogens is 340 g/mol. The second kappa shape index (κ2) is 7.64. The number of rotatable bonds is 5. The Kier molecular flexibility index (Phi) is 5.29. The second-order valence-electron chi connectivity index (χ2n) is 7.58. The quantitative estimate of drug-likeness (QED) is 0.867. The molecular formula is C18H27ClN4O2. The van der Waals surface area contributed by atoms with Gasteiger partial charge in [-0.1, -0.05) is 11.6 Å². The smallest absolute Gasteiger partial charge is 0.287 e. The summed E-state index contributed by atoms with van der Waals surface area (Å²) in [5.74, 6) is 0.471. The molecule has 0 spiro atoms. The van der Waals surface area contributed by atoms with Crippen molar-refractivity contribution in [1.29, 1.82) is 0 Å². The van der Waals surface area contributed by atoms with E-state index in [2.05, 4.69) is 15.3 Å². The Bertz CT molecular complexity index is 647. The molecule has 0 aromatic carbocycles. The Morgan fingerprint density at radius 2 is 2.00 bits per heavy atom. The van der Waals surface area contributed by atoms with Crippen molar-refractivity contribution in [2.24, 2.45) is 5.92 Å². The number of aromatic nitrogens is 2. The lowest BCUT2D eigenvalue weighted by molar-refractivity contribution is 0.0595. The molecule has 1 atom stereocenters. The highest BCUT2D eigenvalue weighted by Gasteiger charge is 2.32. The lowest BCUT2D eigenvalue weighted by Gasteiger charge is -2.32. The minimum Gasteiger partial charge on any atom is -0.382 e. The van der Waals surface area contributed by atoms with E-state index in [9.17, 15) is 4.79 Å². The molecule has 7 heteroatoms. The van der Waals surface area contributed by atoms with Crippen LogP contribution >= 0.6 is 11.6 Å². The van der Waals surface area contributed by atoms with Gasteiger partial charge in [-0.05, 0) is 44.4 Å². The molecule has 4 rings (SSSR count). The van der Waals surface area contributed by atoms with Crippen LogP contribution < -0.4 is 10.9 Å². The van der Waals surface area contributed by atoms with Crippen LogP contribution in [0.3, 0.4) is 0 Å². The van der Waals surface area contributed by atoms with Crippen LogP contribution in [-0.2, 0) is 4.74 Å². The summed E-state index contributed by atoms with van der Waals surface area (Å²) in [6.45, 7) is 4.51. The fourth-order valence-electron chi connectivity index (χ4n) is 3.99. The standard InChI is InChI=1S/C18H27ClN4O2/c19-17-16(20-10-13-2-1-9-25-12-13)11-21-23(18(17)24)15-5-7-22(8-6-15)14-3-4-14/h11,13-15,20H,1-10,12H2. The largest absolute Gasteiger partial charge is 0.382 e. The highest BCUT2D eigenvalue weighted by Crippen LogP contribution is 2.32. The third-order valence-corrected chi connectivity index (χ3v) is 6.05. The molecule has 0 radical (unpaired) electrons. The van der Waals surface area contributed by atoms with Crippen molar-refractivity contribution >= 4 is 17.3 Å². The third kappa shape index (κ3) is 4.01. The van der Waals surface area contributed by atoms with E-state index in [0.29, 0.717) is 11.6 Å². The summed E-state index contributed by atoms with van der Waals surface area (Å²) in [5.41, 5.74) is 0.473. The Labute approximate surface area is 153 Å². The number of hydrogen-bond acceptors (Lipinski definition) is 5. The molecule has 2 aliphatic heterocycles. The molecule has 1 aromatic heterocycles. The highest BCUT2D eigenvalue weighted by atomic mass is 35.5. The molecule has 2 saturated heterocycles. The minimum atomic E-state index is -0.170. The molecule has 3 fully saturated rings. The van der Waals surface area contributed by atoms with E-state index in [4.69, 9.17) is 16.3 Å². The first-order valence-electron chi connectivity index (χ1n) is 9.55.